The maximum absolute atomic E-state index is 13.1. The van der Waals surface area contributed by atoms with Gasteiger partial charge in [0.2, 0.25) is 0 Å². The van der Waals surface area contributed by atoms with Crippen molar-refractivity contribution in [2.45, 2.75) is 12.8 Å². The van der Waals surface area contributed by atoms with Crippen LogP contribution in [0.2, 0.25) is 0 Å². The second-order valence-corrected chi connectivity index (χ2v) is 3.98. The van der Waals surface area contributed by atoms with Crippen LogP contribution in [0.5, 0.6) is 5.75 Å². The first-order valence-corrected chi connectivity index (χ1v) is 5.60. The van der Waals surface area contributed by atoms with Gasteiger partial charge in [-0.15, -0.1) is 0 Å². The number of unbranched alkanes of at least 4 members (excludes halogenated alkanes) is 1. The number of benzene rings is 1. The van der Waals surface area contributed by atoms with Gasteiger partial charge in [0.05, 0.1) is 11.1 Å². The van der Waals surface area contributed by atoms with Crippen molar-refractivity contribution in [1.82, 2.24) is 0 Å². The zero-order chi connectivity index (χ0) is 11.1. The van der Waals surface area contributed by atoms with E-state index in [-0.39, 0.29) is 5.82 Å². The van der Waals surface area contributed by atoms with E-state index in [0.717, 1.165) is 19.4 Å². The molecule has 1 rings (SSSR count). The molecule has 2 nitrogen and oxygen atoms in total. The summed E-state index contributed by atoms with van der Waals surface area (Å²) in [7, 11) is 1.67. The second kappa shape index (κ2) is 6.80. The van der Waals surface area contributed by atoms with Crippen molar-refractivity contribution >= 4 is 15.9 Å². The van der Waals surface area contributed by atoms with Crippen molar-refractivity contribution in [3.63, 3.8) is 0 Å². The first-order valence-electron chi connectivity index (χ1n) is 4.81. The first kappa shape index (κ1) is 12.5. The molecule has 0 aromatic heterocycles. The minimum Gasteiger partial charge on any atom is -0.493 e. The largest absolute Gasteiger partial charge is 0.493 e. The zero-order valence-electron chi connectivity index (χ0n) is 8.63. The van der Waals surface area contributed by atoms with Gasteiger partial charge in [0, 0.05) is 19.8 Å². The van der Waals surface area contributed by atoms with Gasteiger partial charge in [0.25, 0.3) is 0 Å². The van der Waals surface area contributed by atoms with Crippen molar-refractivity contribution in [1.29, 1.82) is 0 Å². The highest BCUT2D eigenvalue weighted by atomic mass is 79.9. The lowest BCUT2D eigenvalue weighted by atomic mass is 10.3. The molecule has 1 aromatic carbocycles. The van der Waals surface area contributed by atoms with Crippen LogP contribution in [0.4, 0.5) is 4.39 Å². The Morgan fingerprint density at radius 1 is 1.27 bits per heavy atom. The van der Waals surface area contributed by atoms with E-state index in [4.69, 9.17) is 9.47 Å². The molecule has 0 saturated heterocycles. The molecule has 0 aliphatic heterocycles. The Morgan fingerprint density at radius 2 is 2.00 bits per heavy atom. The van der Waals surface area contributed by atoms with Gasteiger partial charge in [-0.25, -0.2) is 4.39 Å². The minimum atomic E-state index is -0.301. The van der Waals surface area contributed by atoms with Gasteiger partial charge in [0.15, 0.2) is 0 Å². The van der Waals surface area contributed by atoms with Crippen molar-refractivity contribution < 1.29 is 13.9 Å². The fourth-order valence-electron chi connectivity index (χ4n) is 1.11. The first-order chi connectivity index (χ1) is 7.24. The molecule has 0 saturated carbocycles. The number of methoxy groups -OCH3 is 1. The van der Waals surface area contributed by atoms with Crippen LogP contribution in [0.15, 0.2) is 22.7 Å². The summed E-state index contributed by atoms with van der Waals surface area (Å²) in [5.41, 5.74) is 0. The van der Waals surface area contributed by atoms with E-state index in [2.05, 4.69) is 15.9 Å². The number of ether oxygens (including phenoxy) is 2. The Bertz CT molecular complexity index is 305. The Labute approximate surface area is 97.5 Å². The molecule has 0 amide bonds. The zero-order valence-corrected chi connectivity index (χ0v) is 10.2. The normalized spacial score (nSPS) is 10.3. The Hall–Kier alpha value is -0.610. The highest BCUT2D eigenvalue weighted by Crippen LogP contribution is 2.20. The molecule has 0 fully saturated rings. The van der Waals surface area contributed by atoms with Crippen molar-refractivity contribution in [2.75, 3.05) is 20.3 Å². The van der Waals surface area contributed by atoms with Crippen molar-refractivity contribution in [3.8, 4) is 5.75 Å². The van der Waals surface area contributed by atoms with Crippen LogP contribution in [0.1, 0.15) is 12.8 Å². The summed E-state index contributed by atoms with van der Waals surface area (Å²) in [4.78, 5) is 0. The standard InChI is InChI=1S/C11H14BrFO2/c1-14-6-2-3-7-15-9-4-5-10(12)11(13)8-9/h4-5,8H,2-3,6-7H2,1H3. The fraction of sp³-hybridized carbons (Fsp3) is 0.455. The van der Waals surface area contributed by atoms with Gasteiger partial charge >= 0.3 is 0 Å². The van der Waals surface area contributed by atoms with E-state index in [9.17, 15) is 4.39 Å². The third kappa shape index (κ3) is 4.62. The van der Waals surface area contributed by atoms with Gasteiger partial charge in [0.1, 0.15) is 11.6 Å². The highest BCUT2D eigenvalue weighted by Gasteiger charge is 2.00. The molecule has 0 spiro atoms. The monoisotopic (exact) mass is 276 g/mol. The number of hydrogen-bond acceptors (Lipinski definition) is 2. The molecule has 0 heterocycles. The molecular formula is C11H14BrFO2. The number of rotatable bonds is 6. The van der Waals surface area contributed by atoms with Gasteiger partial charge in [-0.2, -0.15) is 0 Å². The van der Waals surface area contributed by atoms with Crippen LogP contribution in [0.3, 0.4) is 0 Å². The predicted octanol–water partition coefficient (Wildman–Crippen LogP) is 3.39. The average Bonchev–Trinajstić information content (AvgIpc) is 2.23. The van der Waals surface area contributed by atoms with Gasteiger partial charge in [-0.05, 0) is 40.9 Å². The van der Waals surface area contributed by atoms with Crippen molar-refractivity contribution in [3.05, 3.63) is 28.5 Å². The maximum Gasteiger partial charge on any atom is 0.141 e. The van der Waals surface area contributed by atoms with Crippen LogP contribution in [0.25, 0.3) is 0 Å². The third-order valence-electron chi connectivity index (χ3n) is 1.90. The van der Waals surface area contributed by atoms with E-state index in [1.165, 1.54) is 6.07 Å². The van der Waals surface area contributed by atoms with Crippen LogP contribution in [-0.4, -0.2) is 20.3 Å². The molecule has 0 bridgehead atoms. The van der Waals surface area contributed by atoms with E-state index >= 15 is 0 Å². The van der Waals surface area contributed by atoms with E-state index in [0.29, 0.717) is 16.8 Å². The van der Waals surface area contributed by atoms with Gasteiger partial charge < -0.3 is 9.47 Å². The smallest absolute Gasteiger partial charge is 0.141 e. The molecule has 4 heteroatoms. The topological polar surface area (TPSA) is 18.5 Å². The molecule has 15 heavy (non-hydrogen) atoms. The molecule has 0 aliphatic carbocycles. The average molecular weight is 277 g/mol. The summed E-state index contributed by atoms with van der Waals surface area (Å²) >= 11 is 3.08. The summed E-state index contributed by atoms with van der Waals surface area (Å²) < 4.78 is 23.8. The van der Waals surface area contributed by atoms with E-state index in [1.807, 2.05) is 0 Å². The second-order valence-electron chi connectivity index (χ2n) is 3.12. The van der Waals surface area contributed by atoms with Gasteiger partial charge in [-0.3, -0.25) is 0 Å². The van der Waals surface area contributed by atoms with Gasteiger partial charge in [-0.1, -0.05) is 0 Å². The highest BCUT2D eigenvalue weighted by molar-refractivity contribution is 9.10. The summed E-state index contributed by atoms with van der Waals surface area (Å²) in [6.45, 7) is 1.32. The molecule has 0 unspecified atom stereocenters. The summed E-state index contributed by atoms with van der Waals surface area (Å²) in [6, 6.07) is 4.75. The lowest BCUT2D eigenvalue weighted by Crippen LogP contribution is -1.99. The summed E-state index contributed by atoms with van der Waals surface area (Å²) in [5, 5.41) is 0. The Kier molecular flexibility index (Phi) is 5.65. The fourth-order valence-corrected chi connectivity index (χ4v) is 1.35. The van der Waals surface area contributed by atoms with E-state index in [1.54, 1.807) is 19.2 Å². The minimum absolute atomic E-state index is 0.301. The quantitative estimate of drug-likeness (QED) is 0.742. The van der Waals surface area contributed by atoms with Crippen LogP contribution in [0, 0.1) is 5.82 Å². The lowest BCUT2D eigenvalue weighted by molar-refractivity contribution is 0.184. The molecule has 0 N–H and O–H groups in total. The Balaban J connectivity index is 2.28. The molecule has 84 valence electrons. The van der Waals surface area contributed by atoms with Crippen LogP contribution < -0.4 is 4.74 Å². The lowest BCUT2D eigenvalue weighted by Gasteiger charge is -2.06. The van der Waals surface area contributed by atoms with E-state index < -0.39 is 0 Å². The maximum atomic E-state index is 13.1. The molecule has 0 atom stereocenters. The number of halogens is 2. The predicted molar refractivity (Wildman–Crippen MR) is 60.7 cm³/mol. The molecule has 0 aliphatic rings. The Morgan fingerprint density at radius 3 is 2.67 bits per heavy atom. The number of hydrogen-bond donors (Lipinski definition) is 0. The SMILES string of the molecule is COCCCCOc1ccc(Br)c(F)c1. The molecule has 0 radical (unpaired) electrons. The summed E-state index contributed by atoms with van der Waals surface area (Å²) in [6.07, 6.45) is 1.86. The molecular weight excluding hydrogens is 263 g/mol. The van der Waals surface area contributed by atoms with Crippen LogP contribution in [-0.2, 0) is 4.74 Å². The third-order valence-corrected chi connectivity index (χ3v) is 2.55. The van der Waals surface area contributed by atoms with Crippen molar-refractivity contribution in [2.24, 2.45) is 0 Å². The molecule has 1 aromatic rings. The summed E-state index contributed by atoms with van der Waals surface area (Å²) in [5.74, 6) is 0.262. The van der Waals surface area contributed by atoms with Crippen LogP contribution >= 0.6 is 15.9 Å².